The van der Waals surface area contributed by atoms with Crippen LogP contribution in [0.1, 0.15) is 23.9 Å². The summed E-state index contributed by atoms with van der Waals surface area (Å²) in [6.07, 6.45) is 2.63. The van der Waals surface area contributed by atoms with Crippen molar-refractivity contribution in [3.63, 3.8) is 0 Å². The third kappa shape index (κ3) is 6.18. The van der Waals surface area contributed by atoms with E-state index in [-0.39, 0.29) is 24.0 Å². The number of methoxy groups -OCH3 is 1. The molecule has 0 aliphatic rings. The van der Waals surface area contributed by atoms with E-state index in [4.69, 9.17) is 4.74 Å². The number of nitrogens with one attached hydrogen (secondary N) is 2. The molecular formula is C17H27IN6O. The van der Waals surface area contributed by atoms with E-state index in [1.54, 1.807) is 20.5 Å². The molecule has 0 aliphatic heterocycles. The molecule has 1 heterocycles. The Kier molecular flexibility index (Phi) is 9.25. The maximum absolute atomic E-state index is 5.43. The molecule has 7 nitrogen and oxygen atoms in total. The second-order valence-electron chi connectivity index (χ2n) is 5.46. The van der Waals surface area contributed by atoms with E-state index in [0.29, 0.717) is 6.54 Å². The van der Waals surface area contributed by atoms with Gasteiger partial charge in [-0.25, -0.2) is 0 Å². The van der Waals surface area contributed by atoms with Crippen LogP contribution in [0.3, 0.4) is 0 Å². The number of aromatic nitrogens is 3. The number of hydrogen-bond acceptors (Lipinski definition) is 4. The van der Waals surface area contributed by atoms with E-state index < -0.39 is 0 Å². The Hall–Kier alpha value is -1.84. The third-order valence-electron chi connectivity index (χ3n) is 3.77. The van der Waals surface area contributed by atoms with Gasteiger partial charge >= 0.3 is 0 Å². The Morgan fingerprint density at radius 1 is 1.32 bits per heavy atom. The number of hydrogen-bond donors (Lipinski definition) is 2. The SMILES string of the molecule is CCc1nncn1CCNC(=NC)NCc1ccc(C)cc1OC.I. The molecule has 0 unspecified atom stereocenters. The minimum absolute atomic E-state index is 0. The molecule has 0 spiro atoms. The van der Waals surface area contributed by atoms with Crippen molar-refractivity contribution < 1.29 is 4.74 Å². The summed E-state index contributed by atoms with van der Waals surface area (Å²) in [6.45, 7) is 6.32. The molecule has 0 radical (unpaired) electrons. The van der Waals surface area contributed by atoms with Gasteiger partial charge in [-0.15, -0.1) is 34.2 Å². The van der Waals surface area contributed by atoms with Crippen LogP contribution in [0, 0.1) is 6.92 Å². The Labute approximate surface area is 166 Å². The summed E-state index contributed by atoms with van der Waals surface area (Å²) in [6, 6.07) is 6.18. The second kappa shape index (κ2) is 10.9. The van der Waals surface area contributed by atoms with Crippen LogP contribution in [-0.2, 0) is 19.5 Å². The maximum Gasteiger partial charge on any atom is 0.191 e. The summed E-state index contributed by atoms with van der Waals surface area (Å²) in [7, 11) is 3.45. The highest BCUT2D eigenvalue weighted by Gasteiger charge is 2.05. The van der Waals surface area contributed by atoms with Crippen molar-refractivity contribution in [3.05, 3.63) is 41.5 Å². The monoisotopic (exact) mass is 458 g/mol. The van der Waals surface area contributed by atoms with Gasteiger partial charge in [0.15, 0.2) is 5.96 Å². The number of guanidine groups is 1. The predicted molar refractivity (Wildman–Crippen MR) is 111 cm³/mol. The molecule has 138 valence electrons. The average molecular weight is 458 g/mol. The zero-order chi connectivity index (χ0) is 17.4. The molecule has 25 heavy (non-hydrogen) atoms. The van der Waals surface area contributed by atoms with Crippen molar-refractivity contribution in [2.24, 2.45) is 4.99 Å². The molecule has 0 amide bonds. The molecule has 2 N–H and O–H groups in total. The summed E-state index contributed by atoms with van der Waals surface area (Å²) in [5.41, 5.74) is 2.27. The van der Waals surface area contributed by atoms with Gasteiger partial charge in [-0.05, 0) is 18.6 Å². The first kappa shape index (κ1) is 21.2. The number of aryl methyl sites for hydroxylation is 2. The topological polar surface area (TPSA) is 76.4 Å². The van der Waals surface area contributed by atoms with Crippen LogP contribution < -0.4 is 15.4 Å². The minimum Gasteiger partial charge on any atom is -0.496 e. The zero-order valence-electron chi connectivity index (χ0n) is 15.2. The molecule has 1 aromatic carbocycles. The molecule has 1 aromatic heterocycles. The fourth-order valence-corrected chi connectivity index (χ4v) is 2.43. The first-order valence-electron chi connectivity index (χ1n) is 8.12. The van der Waals surface area contributed by atoms with Gasteiger partial charge in [-0.1, -0.05) is 19.1 Å². The number of rotatable bonds is 7. The largest absolute Gasteiger partial charge is 0.496 e. The van der Waals surface area contributed by atoms with Crippen LogP contribution in [-0.4, -0.2) is 41.4 Å². The van der Waals surface area contributed by atoms with Gasteiger partial charge in [0.25, 0.3) is 0 Å². The number of aliphatic imine (C=N–C) groups is 1. The van der Waals surface area contributed by atoms with Crippen LogP contribution in [0.25, 0.3) is 0 Å². The van der Waals surface area contributed by atoms with E-state index in [1.807, 2.05) is 10.6 Å². The molecule has 2 aromatic rings. The summed E-state index contributed by atoms with van der Waals surface area (Å²) in [5, 5.41) is 14.6. The molecule has 0 bridgehead atoms. The number of halogens is 1. The Balaban J connectivity index is 0.00000312. The second-order valence-corrected chi connectivity index (χ2v) is 5.46. The van der Waals surface area contributed by atoms with E-state index in [1.165, 1.54) is 5.56 Å². The van der Waals surface area contributed by atoms with Crippen molar-refractivity contribution in [2.75, 3.05) is 20.7 Å². The van der Waals surface area contributed by atoms with E-state index >= 15 is 0 Å². The summed E-state index contributed by atoms with van der Waals surface area (Å²) in [4.78, 5) is 4.25. The predicted octanol–water partition coefficient (Wildman–Crippen LogP) is 2.14. The van der Waals surface area contributed by atoms with Gasteiger partial charge < -0.3 is 19.9 Å². The van der Waals surface area contributed by atoms with Crippen LogP contribution in [0.15, 0.2) is 29.5 Å². The molecule has 0 fully saturated rings. The maximum atomic E-state index is 5.43. The Morgan fingerprint density at radius 3 is 2.80 bits per heavy atom. The lowest BCUT2D eigenvalue weighted by Crippen LogP contribution is -2.38. The molecule has 0 saturated carbocycles. The smallest absolute Gasteiger partial charge is 0.191 e. The van der Waals surface area contributed by atoms with Gasteiger partial charge in [0.1, 0.15) is 17.9 Å². The third-order valence-corrected chi connectivity index (χ3v) is 3.77. The fourth-order valence-electron chi connectivity index (χ4n) is 2.43. The van der Waals surface area contributed by atoms with Gasteiger partial charge in [0, 0.05) is 38.7 Å². The highest BCUT2D eigenvalue weighted by atomic mass is 127. The Morgan fingerprint density at radius 2 is 2.12 bits per heavy atom. The van der Waals surface area contributed by atoms with Gasteiger partial charge in [0.05, 0.1) is 7.11 Å². The lowest BCUT2D eigenvalue weighted by Gasteiger charge is -2.14. The molecule has 2 rings (SSSR count). The van der Waals surface area contributed by atoms with Gasteiger partial charge in [0.2, 0.25) is 0 Å². The van der Waals surface area contributed by atoms with Gasteiger partial charge in [-0.3, -0.25) is 4.99 Å². The number of benzene rings is 1. The molecular weight excluding hydrogens is 431 g/mol. The van der Waals surface area contributed by atoms with Crippen LogP contribution in [0.2, 0.25) is 0 Å². The van der Waals surface area contributed by atoms with Crippen molar-refractivity contribution in [2.45, 2.75) is 33.4 Å². The van der Waals surface area contributed by atoms with Crippen LogP contribution >= 0.6 is 24.0 Å². The molecule has 8 heteroatoms. The summed E-state index contributed by atoms with van der Waals surface area (Å²) >= 11 is 0. The van der Waals surface area contributed by atoms with E-state index in [2.05, 4.69) is 51.8 Å². The van der Waals surface area contributed by atoms with Crippen molar-refractivity contribution in [1.29, 1.82) is 0 Å². The van der Waals surface area contributed by atoms with Crippen molar-refractivity contribution >= 4 is 29.9 Å². The standard InChI is InChI=1S/C17H26N6O.HI/c1-5-16-22-21-12-23(16)9-8-19-17(18-3)20-11-14-7-6-13(2)10-15(14)24-4;/h6-7,10,12H,5,8-9,11H2,1-4H3,(H2,18,19,20);1H. The quantitative estimate of drug-likeness (QED) is 0.378. The van der Waals surface area contributed by atoms with Gasteiger partial charge in [-0.2, -0.15) is 0 Å². The van der Waals surface area contributed by atoms with E-state index in [9.17, 15) is 0 Å². The van der Waals surface area contributed by atoms with Crippen LogP contribution in [0.4, 0.5) is 0 Å². The normalized spacial score (nSPS) is 11.0. The first-order chi connectivity index (χ1) is 11.7. The van der Waals surface area contributed by atoms with Crippen molar-refractivity contribution in [1.82, 2.24) is 25.4 Å². The fraction of sp³-hybridized carbons (Fsp3) is 0.471. The minimum atomic E-state index is 0. The molecule has 0 atom stereocenters. The Bertz CT molecular complexity index is 686. The highest BCUT2D eigenvalue weighted by Crippen LogP contribution is 2.19. The average Bonchev–Trinajstić information content (AvgIpc) is 3.06. The lowest BCUT2D eigenvalue weighted by molar-refractivity contribution is 0.408. The van der Waals surface area contributed by atoms with Crippen LogP contribution in [0.5, 0.6) is 5.75 Å². The molecule has 0 aliphatic carbocycles. The van der Waals surface area contributed by atoms with Crippen molar-refractivity contribution in [3.8, 4) is 5.75 Å². The number of ether oxygens (including phenoxy) is 1. The lowest BCUT2D eigenvalue weighted by atomic mass is 10.1. The number of nitrogens with zero attached hydrogens (tertiary/aromatic N) is 4. The van der Waals surface area contributed by atoms with E-state index in [0.717, 1.165) is 42.6 Å². The molecule has 0 saturated heterocycles. The summed E-state index contributed by atoms with van der Waals surface area (Å²) in [5.74, 6) is 2.63. The zero-order valence-corrected chi connectivity index (χ0v) is 17.6. The first-order valence-corrected chi connectivity index (χ1v) is 8.12. The summed E-state index contributed by atoms with van der Waals surface area (Å²) < 4.78 is 7.48. The highest BCUT2D eigenvalue weighted by molar-refractivity contribution is 14.0.